The minimum absolute atomic E-state index is 0.0759. The van der Waals surface area contributed by atoms with Crippen LogP contribution in [0.3, 0.4) is 0 Å². The van der Waals surface area contributed by atoms with E-state index in [0.29, 0.717) is 6.54 Å². The molecule has 102 valence electrons. The van der Waals surface area contributed by atoms with Gasteiger partial charge in [0.15, 0.2) is 0 Å². The van der Waals surface area contributed by atoms with Crippen LogP contribution in [-0.4, -0.2) is 29.8 Å². The summed E-state index contributed by atoms with van der Waals surface area (Å²) in [6.07, 6.45) is 5.04. The summed E-state index contributed by atoms with van der Waals surface area (Å²) >= 11 is 0. The third-order valence-corrected chi connectivity index (χ3v) is 3.03. The normalized spacial score (nSPS) is 16.5. The van der Waals surface area contributed by atoms with E-state index in [2.05, 4.69) is 6.92 Å². The molecule has 0 aromatic carbocycles. The minimum atomic E-state index is -0.797. The summed E-state index contributed by atoms with van der Waals surface area (Å²) < 4.78 is 5.70. The Hall–Kier alpha value is -0.610. The first-order chi connectivity index (χ1) is 8.02. The molecule has 0 aromatic rings. The quantitative estimate of drug-likeness (QED) is 0.580. The van der Waals surface area contributed by atoms with Crippen molar-refractivity contribution >= 4 is 5.97 Å². The molecule has 0 amide bonds. The summed E-state index contributed by atoms with van der Waals surface area (Å²) in [4.78, 5) is 11.0. The van der Waals surface area contributed by atoms with Gasteiger partial charge in [0.25, 0.3) is 0 Å². The Morgan fingerprint density at radius 1 is 1.29 bits per heavy atom. The van der Waals surface area contributed by atoms with E-state index in [-0.39, 0.29) is 12.2 Å². The molecule has 0 rings (SSSR count). The number of hydrogen-bond acceptors (Lipinski definition) is 3. The molecule has 0 unspecified atom stereocenters. The maximum Gasteiger partial charge on any atom is 0.308 e. The summed E-state index contributed by atoms with van der Waals surface area (Å²) in [5, 5.41) is 9.03. The van der Waals surface area contributed by atoms with E-state index in [1.54, 1.807) is 6.92 Å². The van der Waals surface area contributed by atoms with Crippen molar-refractivity contribution in [1.82, 2.24) is 0 Å². The van der Waals surface area contributed by atoms with Crippen LogP contribution in [0.15, 0.2) is 0 Å². The van der Waals surface area contributed by atoms with Crippen LogP contribution >= 0.6 is 0 Å². The van der Waals surface area contributed by atoms with Gasteiger partial charge in [-0.2, -0.15) is 0 Å². The molecule has 0 aromatic heterocycles. The van der Waals surface area contributed by atoms with Gasteiger partial charge in [-0.15, -0.1) is 0 Å². The highest BCUT2D eigenvalue weighted by molar-refractivity contribution is 5.70. The monoisotopic (exact) mass is 245 g/mol. The summed E-state index contributed by atoms with van der Waals surface area (Å²) in [6, 6.07) is 0. The molecule has 3 N–H and O–H groups in total. The minimum Gasteiger partial charge on any atom is -0.481 e. The van der Waals surface area contributed by atoms with E-state index in [1.165, 1.54) is 12.8 Å². The first kappa shape index (κ1) is 16.4. The van der Waals surface area contributed by atoms with E-state index in [9.17, 15) is 4.79 Å². The summed E-state index contributed by atoms with van der Waals surface area (Å²) in [7, 11) is 0. The number of carbonyl (C=O) groups is 1. The van der Waals surface area contributed by atoms with Gasteiger partial charge in [-0.05, 0) is 20.3 Å². The molecule has 0 saturated heterocycles. The number of nitrogens with two attached hydrogens (primary N) is 1. The van der Waals surface area contributed by atoms with E-state index < -0.39 is 11.9 Å². The molecule has 0 aliphatic heterocycles. The Morgan fingerprint density at radius 2 is 1.94 bits per heavy atom. The zero-order valence-corrected chi connectivity index (χ0v) is 11.3. The number of carboxylic acid groups (broad SMARTS) is 1. The van der Waals surface area contributed by atoms with Gasteiger partial charge in [0.2, 0.25) is 0 Å². The Labute approximate surface area is 105 Å². The van der Waals surface area contributed by atoms with Crippen LogP contribution in [-0.2, 0) is 9.53 Å². The molecule has 3 atom stereocenters. The molecule has 0 heterocycles. The molecule has 4 heteroatoms. The van der Waals surface area contributed by atoms with Crippen molar-refractivity contribution in [2.45, 2.75) is 65.1 Å². The van der Waals surface area contributed by atoms with Crippen molar-refractivity contribution < 1.29 is 14.6 Å². The van der Waals surface area contributed by atoms with Crippen molar-refractivity contribution in [2.75, 3.05) is 6.54 Å². The molecule has 0 radical (unpaired) electrons. The Morgan fingerprint density at radius 3 is 2.41 bits per heavy atom. The lowest BCUT2D eigenvalue weighted by Gasteiger charge is -2.24. The summed E-state index contributed by atoms with van der Waals surface area (Å²) in [5.74, 6) is -1.26. The fourth-order valence-corrected chi connectivity index (χ4v) is 1.72. The van der Waals surface area contributed by atoms with Gasteiger partial charge < -0.3 is 15.6 Å². The van der Waals surface area contributed by atoms with Crippen LogP contribution in [0, 0.1) is 5.92 Å². The van der Waals surface area contributed by atoms with Crippen molar-refractivity contribution in [3.63, 3.8) is 0 Å². The second-order valence-corrected chi connectivity index (χ2v) is 4.70. The maximum absolute atomic E-state index is 11.0. The van der Waals surface area contributed by atoms with Crippen LogP contribution < -0.4 is 5.73 Å². The molecule has 4 nitrogen and oxygen atoms in total. The van der Waals surface area contributed by atoms with Gasteiger partial charge in [-0.25, -0.2) is 0 Å². The predicted molar refractivity (Wildman–Crippen MR) is 68.9 cm³/mol. The second kappa shape index (κ2) is 9.42. The van der Waals surface area contributed by atoms with Crippen molar-refractivity contribution in [1.29, 1.82) is 0 Å². The Balaban J connectivity index is 4.15. The predicted octanol–water partition coefficient (Wildman–Crippen LogP) is 2.41. The van der Waals surface area contributed by atoms with E-state index in [1.807, 2.05) is 6.92 Å². The third-order valence-electron chi connectivity index (χ3n) is 3.03. The highest BCUT2D eigenvalue weighted by Crippen LogP contribution is 2.18. The molecular formula is C13H27NO3. The van der Waals surface area contributed by atoms with Crippen LogP contribution in [0.4, 0.5) is 0 Å². The molecule has 0 spiro atoms. The number of ether oxygens (including phenoxy) is 1. The average molecular weight is 245 g/mol. The average Bonchev–Trinajstić information content (AvgIpc) is 2.31. The molecule has 0 aliphatic rings. The Kier molecular flexibility index (Phi) is 9.09. The molecule has 0 aliphatic carbocycles. The zero-order chi connectivity index (χ0) is 13.3. The summed E-state index contributed by atoms with van der Waals surface area (Å²) in [6.45, 7) is 6.17. The van der Waals surface area contributed by atoms with Gasteiger partial charge in [0, 0.05) is 6.54 Å². The number of rotatable bonds is 10. The molecule has 17 heavy (non-hydrogen) atoms. The highest BCUT2D eigenvalue weighted by atomic mass is 16.5. The standard InChI is InChI=1S/C13H27NO3/c1-4-5-6-7-8-12(11(3)13(15)16)17-10(2)9-14/h10-12H,4-9,14H2,1-3H3,(H,15,16)/t10-,11+,12+/m0/s1. The van der Waals surface area contributed by atoms with Crippen molar-refractivity contribution in [3.8, 4) is 0 Å². The summed E-state index contributed by atoms with van der Waals surface area (Å²) in [5.41, 5.74) is 5.50. The topological polar surface area (TPSA) is 72.5 Å². The third kappa shape index (κ3) is 7.34. The van der Waals surface area contributed by atoms with Crippen molar-refractivity contribution in [2.24, 2.45) is 11.7 Å². The lowest BCUT2D eigenvalue weighted by Crippen LogP contribution is -2.34. The lowest BCUT2D eigenvalue weighted by molar-refractivity contribution is -0.148. The van der Waals surface area contributed by atoms with Crippen LogP contribution in [0.1, 0.15) is 52.9 Å². The van der Waals surface area contributed by atoms with Crippen molar-refractivity contribution in [3.05, 3.63) is 0 Å². The largest absolute Gasteiger partial charge is 0.481 e. The zero-order valence-electron chi connectivity index (χ0n) is 11.3. The molecule has 0 bridgehead atoms. The number of hydrogen-bond donors (Lipinski definition) is 2. The fourth-order valence-electron chi connectivity index (χ4n) is 1.72. The maximum atomic E-state index is 11.0. The SMILES string of the molecule is CCCCCC[C@@H](O[C@@H](C)CN)[C@@H](C)C(=O)O. The lowest BCUT2D eigenvalue weighted by atomic mass is 9.98. The Bertz CT molecular complexity index is 209. The van der Waals surface area contributed by atoms with Crippen LogP contribution in [0.2, 0.25) is 0 Å². The number of unbranched alkanes of at least 4 members (excludes halogenated alkanes) is 3. The first-order valence-corrected chi connectivity index (χ1v) is 6.61. The molecular weight excluding hydrogens is 218 g/mol. The van der Waals surface area contributed by atoms with Crippen LogP contribution in [0.5, 0.6) is 0 Å². The highest BCUT2D eigenvalue weighted by Gasteiger charge is 2.25. The number of aliphatic carboxylic acids is 1. The first-order valence-electron chi connectivity index (χ1n) is 6.61. The molecule has 0 saturated carbocycles. The second-order valence-electron chi connectivity index (χ2n) is 4.70. The van der Waals surface area contributed by atoms with Gasteiger partial charge >= 0.3 is 5.97 Å². The number of carboxylic acids is 1. The van der Waals surface area contributed by atoms with E-state index >= 15 is 0 Å². The van der Waals surface area contributed by atoms with E-state index in [4.69, 9.17) is 15.6 Å². The smallest absolute Gasteiger partial charge is 0.308 e. The van der Waals surface area contributed by atoms with Gasteiger partial charge in [-0.3, -0.25) is 4.79 Å². The van der Waals surface area contributed by atoms with Crippen LogP contribution in [0.25, 0.3) is 0 Å². The van der Waals surface area contributed by atoms with E-state index in [0.717, 1.165) is 19.3 Å². The van der Waals surface area contributed by atoms with Gasteiger partial charge in [0.1, 0.15) is 0 Å². The van der Waals surface area contributed by atoms with Gasteiger partial charge in [-0.1, -0.05) is 32.6 Å². The fraction of sp³-hybridized carbons (Fsp3) is 0.923. The van der Waals surface area contributed by atoms with Gasteiger partial charge in [0.05, 0.1) is 18.1 Å². The molecule has 0 fully saturated rings.